The molecule has 0 radical (unpaired) electrons. The zero-order valence-electron chi connectivity index (χ0n) is 16.3. The second-order valence-electron chi connectivity index (χ2n) is 6.49. The number of amides is 1. The fraction of sp³-hybridized carbons (Fsp3) is 0.182. The minimum atomic E-state index is -0.213. The van der Waals surface area contributed by atoms with Crippen LogP contribution >= 0.6 is 11.3 Å². The number of thiazole rings is 1. The number of fused-ring (bicyclic) bond motifs is 1. The molecule has 0 atom stereocenters. The molecule has 0 aliphatic heterocycles. The topological polar surface area (TPSA) is 64.8 Å². The van der Waals surface area contributed by atoms with Crippen molar-refractivity contribution in [3.63, 3.8) is 0 Å². The summed E-state index contributed by atoms with van der Waals surface area (Å²) < 4.78 is 17.2. The first kappa shape index (κ1) is 19.0. The summed E-state index contributed by atoms with van der Waals surface area (Å²) in [4.78, 5) is 19.9. The number of hydrogen-bond donors (Lipinski definition) is 0. The van der Waals surface area contributed by atoms with Gasteiger partial charge in [0.2, 0.25) is 0 Å². The van der Waals surface area contributed by atoms with E-state index in [1.165, 1.54) is 11.3 Å². The predicted molar refractivity (Wildman–Crippen MR) is 113 cm³/mol. The average molecular weight is 408 g/mol. The molecular weight excluding hydrogens is 388 g/mol. The second kappa shape index (κ2) is 7.97. The minimum Gasteiger partial charge on any atom is -0.497 e. The smallest absolute Gasteiger partial charge is 0.260 e. The maximum Gasteiger partial charge on any atom is 0.260 e. The Hall–Kier alpha value is -3.32. The van der Waals surface area contributed by atoms with Crippen LogP contribution in [0.15, 0.2) is 59.2 Å². The van der Waals surface area contributed by atoms with Crippen molar-refractivity contribution in [2.45, 2.75) is 13.5 Å². The summed E-state index contributed by atoms with van der Waals surface area (Å²) in [6.45, 7) is 2.28. The molecule has 2 heterocycles. The SMILES string of the molecule is COc1cc(OC)cc(C(=O)N(Cc2ccco2)c2nc3c(C)cccc3s2)c1. The molecule has 0 N–H and O–H groups in total. The van der Waals surface area contributed by atoms with Gasteiger partial charge in [0.05, 0.1) is 37.2 Å². The van der Waals surface area contributed by atoms with Gasteiger partial charge in [-0.1, -0.05) is 23.5 Å². The predicted octanol–water partition coefficient (Wildman–Crippen LogP) is 5.06. The van der Waals surface area contributed by atoms with Crippen LogP contribution in [0.1, 0.15) is 21.7 Å². The molecule has 0 unspecified atom stereocenters. The van der Waals surface area contributed by atoms with E-state index >= 15 is 0 Å². The van der Waals surface area contributed by atoms with E-state index < -0.39 is 0 Å². The number of anilines is 1. The van der Waals surface area contributed by atoms with E-state index in [-0.39, 0.29) is 12.5 Å². The number of para-hydroxylation sites is 1. The third-order valence-electron chi connectivity index (χ3n) is 4.58. The maximum atomic E-state index is 13.5. The summed E-state index contributed by atoms with van der Waals surface area (Å²) >= 11 is 1.47. The molecule has 0 saturated carbocycles. The largest absolute Gasteiger partial charge is 0.497 e. The Morgan fingerprint density at radius 2 is 1.86 bits per heavy atom. The highest BCUT2D eigenvalue weighted by atomic mass is 32.1. The van der Waals surface area contributed by atoms with Crippen LogP contribution in [0.3, 0.4) is 0 Å². The van der Waals surface area contributed by atoms with E-state index in [9.17, 15) is 4.79 Å². The van der Waals surface area contributed by atoms with E-state index in [1.54, 1.807) is 49.6 Å². The molecule has 0 aliphatic rings. The summed E-state index contributed by atoms with van der Waals surface area (Å²) in [7, 11) is 3.11. The Morgan fingerprint density at radius 1 is 1.10 bits per heavy atom. The Bertz CT molecular complexity index is 1130. The summed E-state index contributed by atoms with van der Waals surface area (Å²) in [5.41, 5.74) is 2.41. The van der Waals surface area contributed by atoms with Crippen LogP contribution in [0, 0.1) is 6.92 Å². The summed E-state index contributed by atoms with van der Waals surface area (Å²) in [6.07, 6.45) is 1.59. The third kappa shape index (κ3) is 3.82. The van der Waals surface area contributed by atoms with Crippen molar-refractivity contribution in [2.75, 3.05) is 19.1 Å². The van der Waals surface area contributed by atoms with Crippen molar-refractivity contribution < 1.29 is 18.7 Å². The van der Waals surface area contributed by atoms with Gasteiger partial charge in [0, 0.05) is 11.6 Å². The number of ether oxygens (including phenoxy) is 2. The average Bonchev–Trinajstić information content (AvgIpc) is 3.41. The Labute approximate surface area is 172 Å². The van der Waals surface area contributed by atoms with Gasteiger partial charge in [0.1, 0.15) is 17.3 Å². The van der Waals surface area contributed by atoms with Crippen LogP contribution in [-0.4, -0.2) is 25.1 Å². The normalized spacial score (nSPS) is 10.9. The van der Waals surface area contributed by atoms with E-state index in [2.05, 4.69) is 0 Å². The first-order chi connectivity index (χ1) is 14.1. The zero-order chi connectivity index (χ0) is 20.4. The third-order valence-corrected chi connectivity index (χ3v) is 5.62. The molecule has 4 rings (SSSR count). The number of benzene rings is 2. The molecule has 2 aromatic heterocycles. The number of methoxy groups -OCH3 is 2. The molecule has 1 amide bonds. The molecule has 6 nitrogen and oxygen atoms in total. The van der Waals surface area contributed by atoms with Crippen LogP contribution in [0.5, 0.6) is 11.5 Å². The van der Waals surface area contributed by atoms with Gasteiger partial charge in [0.15, 0.2) is 5.13 Å². The number of carbonyl (C=O) groups is 1. The molecular formula is C22H20N2O4S. The van der Waals surface area contributed by atoms with Gasteiger partial charge in [-0.25, -0.2) is 4.98 Å². The van der Waals surface area contributed by atoms with Gasteiger partial charge >= 0.3 is 0 Å². The van der Waals surface area contributed by atoms with Crippen molar-refractivity contribution in [3.05, 3.63) is 71.7 Å². The van der Waals surface area contributed by atoms with Crippen LogP contribution in [0.4, 0.5) is 5.13 Å². The van der Waals surface area contributed by atoms with Crippen molar-refractivity contribution in [3.8, 4) is 11.5 Å². The van der Waals surface area contributed by atoms with E-state index in [4.69, 9.17) is 18.9 Å². The number of aromatic nitrogens is 1. The highest BCUT2D eigenvalue weighted by Crippen LogP contribution is 2.33. The lowest BCUT2D eigenvalue weighted by Crippen LogP contribution is -2.30. The van der Waals surface area contributed by atoms with E-state index in [0.29, 0.717) is 28.0 Å². The van der Waals surface area contributed by atoms with Crippen molar-refractivity contribution in [2.24, 2.45) is 0 Å². The van der Waals surface area contributed by atoms with Crippen LogP contribution < -0.4 is 14.4 Å². The van der Waals surface area contributed by atoms with Crippen molar-refractivity contribution >= 4 is 32.6 Å². The van der Waals surface area contributed by atoms with Gasteiger partial charge in [0.25, 0.3) is 5.91 Å². The first-order valence-corrected chi connectivity index (χ1v) is 9.84. The molecule has 0 aliphatic carbocycles. The zero-order valence-corrected chi connectivity index (χ0v) is 17.2. The first-order valence-electron chi connectivity index (χ1n) is 9.02. The van der Waals surface area contributed by atoms with Crippen molar-refractivity contribution in [1.82, 2.24) is 4.98 Å². The molecule has 29 heavy (non-hydrogen) atoms. The number of furan rings is 1. The molecule has 2 aromatic carbocycles. The van der Waals surface area contributed by atoms with Gasteiger partial charge in [-0.2, -0.15) is 0 Å². The van der Waals surface area contributed by atoms with Crippen molar-refractivity contribution in [1.29, 1.82) is 0 Å². The minimum absolute atomic E-state index is 0.213. The van der Waals surface area contributed by atoms with Gasteiger partial charge in [-0.3, -0.25) is 9.69 Å². The molecule has 0 fully saturated rings. The van der Waals surface area contributed by atoms with Crippen LogP contribution in [-0.2, 0) is 6.54 Å². The molecule has 4 aromatic rings. The van der Waals surface area contributed by atoms with Gasteiger partial charge < -0.3 is 13.9 Å². The molecule has 0 bridgehead atoms. The standard InChI is InChI=1S/C22H20N2O4S/c1-14-6-4-8-19-20(14)23-22(29-19)24(13-16-7-5-9-28-16)21(25)15-10-17(26-2)12-18(11-15)27-3/h4-12H,13H2,1-3H3. The van der Waals surface area contributed by atoms with Crippen LogP contribution in [0.2, 0.25) is 0 Å². The Morgan fingerprint density at radius 3 is 2.48 bits per heavy atom. The fourth-order valence-corrected chi connectivity index (χ4v) is 4.10. The number of aryl methyl sites for hydroxylation is 1. The Kier molecular flexibility index (Phi) is 5.22. The molecule has 0 spiro atoms. The monoisotopic (exact) mass is 408 g/mol. The number of nitrogens with zero attached hydrogens (tertiary/aromatic N) is 2. The van der Waals surface area contributed by atoms with Gasteiger partial charge in [-0.05, 0) is 42.8 Å². The molecule has 148 valence electrons. The second-order valence-corrected chi connectivity index (χ2v) is 7.50. The maximum absolute atomic E-state index is 13.5. The van der Waals surface area contributed by atoms with Crippen LogP contribution in [0.25, 0.3) is 10.2 Å². The fourth-order valence-electron chi connectivity index (χ4n) is 3.06. The summed E-state index contributed by atoms with van der Waals surface area (Å²) in [5, 5.41) is 0.609. The highest BCUT2D eigenvalue weighted by molar-refractivity contribution is 7.22. The molecule has 7 heteroatoms. The summed E-state index contributed by atoms with van der Waals surface area (Å²) in [6, 6.07) is 14.8. The quantitative estimate of drug-likeness (QED) is 0.446. The van der Waals surface area contributed by atoms with Gasteiger partial charge in [-0.15, -0.1) is 0 Å². The van der Waals surface area contributed by atoms with E-state index in [1.807, 2.05) is 31.2 Å². The number of carbonyl (C=O) groups excluding carboxylic acids is 1. The highest BCUT2D eigenvalue weighted by Gasteiger charge is 2.24. The Balaban J connectivity index is 1.79. The lowest BCUT2D eigenvalue weighted by Gasteiger charge is -2.19. The van der Waals surface area contributed by atoms with E-state index in [0.717, 1.165) is 15.8 Å². The number of hydrogen-bond acceptors (Lipinski definition) is 6. The lowest BCUT2D eigenvalue weighted by molar-refractivity contribution is 0.0982. The molecule has 0 saturated heterocycles. The summed E-state index contributed by atoms with van der Waals surface area (Å²) in [5.74, 6) is 1.55. The number of rotatable bonds is 6. The lowest BCUT2D eigenvalue weighted by atomic mass is 10.1.